The Morgan fingerprint density at radius 1 is 1.26 bits per heavy atom. The summed E-state index contributed by atoms with van der Waals surface area (Å²) in [4.78, 5) is 43.3. The van der Waals surface area contributed by atoms with Crippen molar-refractivity contribution in [2.24, 2.45) is 0 Å². The molecule has 1 saturated carbocycles. The fourth-order valence-electron chi connectivity index (χ4n) is 4.60. The zero-order valence-corrected chi connectivity index (χ0v) is 19.2. The van der Waals surface area contributed by atoms with Gasteiger partial charge in [-0.25, -0.2) is 14.2 Å². The van der Waals surface area contributed by atoms with E-state index in [1.165, 1.54) is 19.2 Å². The maximum Gasteiger partial charge on any atom is 0.343 e. The molecule has 0 spiro atoms. The topological polar surface area (TPSA) is 93.5 Å². The highest BCUT2D eigenvalue weighted by Crippen LogP contribution is 2.41. The summed E-state index contributed by atoms with van der Waals surface area (Å²) >= 11 is 0. The van der Waals surface area contributed by atoms with Gasteiger partial charge >= 0.3 is 5.97 Å². The minimum absolute atomic E-state index is 0.0658. The van der Waals surface area contributed by atoms with Gasteiger partial charge in [0, 0.05) is 31.4 Å². The van der Waals surface area contributed by atoms with E-state index in [2.05, 4.69) is 10.3 Å². The Kier molecular flexibility index (Phi) is 5.34. The molecule has 0 saturated heterocycles. The summed E-state index contributed by atoms with van der Waals surface area (Å²) in [6.45, 7) is 5.63. The van der Waals surface area contributed by atoms with Gasteiger partial charge in [0.05, 0.1) is 18.0 Å². The van der Waals surface area contributed by atoms with Crippen molar-refractivity contribution in [2.75, 3.05) is 16.8 Å². The predicted molar refractivity (Wildman–Crippen MR) is 126 cm³/mol. The number of hydrogen-bond donors (Lipinski definition) is 1. The molecule has 9 heteroatoms. The number of nitrogens with zero attached hydrogens (tertiary/aromatic N) is 3. The first kappa shape index (κ1) is 22.1. The molecule has 5 rings (SSSR count). The van der Waals surface area contributed by atoms with Crippen LogP contribution in [0.25, 0.3) is 11.0 Å². The van der Waals surface area contributed by atoms with Crippen molar-refractivity contribution in [1.82, 2.24) is 9.55 Å². The van der Waals surface area contributed by atoms with E-state index in [0.29, 0.717) is 17.9 Å². The maximum atomic E-state index is 15.4. The molecular weight excluding hydrogens is 439 g/mol. The van der Waals surface area contributed by atoms with Gasteiger partial charge in [-0.2, -0.15) is 0 Å². The van der Waals surface area contributed by atoms with Crippen molar-refractivity contribution in [3.63, 3.8) is 0 Å². The Balaban J connectivity index is 1.59. The van der Waals surface area contributed by atoms with Crippen molar-refractivity contribution in [3.8, 4) is 0 Å². The Morgan fingerprint density at radius 3 is 2.71 bits per heavy atom. The summed E-state index contributed by atoms with van der Waals surface area (Å²) in [6, 6.07) is 6.77. The molecule has 1 aromatic carbocycles. The third-order valence-electron chi connectivity index (χ3n) is 6.37. The van der Waals surface area contributed by atoms with E-state index in [0.717, 1.165) is 24.0 Å². The number of nitrogens with one attached hydrogen (secondary N) is 1. The van der Waals surface area contributed by atoms with Crippen LogP contribution in [-0.4, -0.2) is 28.0 Å². The zero-order chi connectivity index (χ0) is 24.1. The van der Waals surface area contributed by atoms with Gasteiger partial charge in [-0.05, 0) is 56.0 Å². The molecular formula is C25H25FN4O4. The van der Waals surface area contributed by atoms with Gasteiger partial charge in [-0.3, -0.25) is 9.59 Å². The highest BCUT2D eigenvalue weighted by molar-refractivity contribution is 5.93. The Labute approximate surface area is 195 Å². The van der Waals surface area contributed by atoms with Gasteiger partial charge in [-0.1, -0.05) is 6.07 Å². The van der Waals surface area contributed by atoms with Crippen LogP contribution in [0.5, 0.6) is 0 Å². The molecule has 1 fully saturated rings. The number of rotatable bonds is 5. The van der Waals surface area contributed by atoms with Crippen LogP contribution >= 0.6 is 0 Å². The average molecular weight is 464 g/mol. The molecule has 1 amide bonds. The summed E-state index contributed by atoms with van der Waals surface area (Å²) in [5, 5.41) is 2.84. The lowest BCUT2D eigenvalue weighted by Gasteiger charge is -2.24. The molecule has 34 heavy (non-hydrogen) atoms. The van der Waals surface area contributed by atoms with E-state index in [9.17, 15) is 14.4 Å². The quantitative estimate of drug-likeness (QED) is 0.572. The normalized spacial score (nSPS) is 17.1. The summed E-state index contributed by atoms with van der Waals surface area (Å²) in [5.74, 6) is -1.36. The number of carbonyl (C=O) groups is 2. The Bertz CT molecular complexity index is 1400. The second kappa shape index (κ2) is 8.23. The molecule has 1 N–H and O–H groups in total. The minimum atomic E-state index is -0.716. The number of aromatic nitrogens is 2. The first-order valence-electron chi connectivity index (χ1n) is 11.4. The minimum Gasteiger partial charge on any atom is -0.462 e. The number of hydrogen-bond acceptors (Lipinski definition) is 6. The van der Waals surface area contributed by atoms with Crippen molar-refractivity contribution in [1.29, 1.82) is 0 Å². The van der Waals surface area contributed by atoms with Gasteiger partial charge in [0.15, 0.2) is 11.6 Å². The van der Waals surface area contributed by atoms with E-state index >= 15 is 4.39 Å². The number of carbonyl (C=O) groups excluding carboxylic acids is 2. The number of halogens is 1. The molecule has 3 heterocycles. The molecule has 0 bridgehead atoms. The van der Waals surface area contributed by atoms with Gasteiger partial charge in [-0.15, -0.1) is 0 Å². The van der Waals surface area contributed by atoms with Crippen molar-refractivity contribution in [2.45, 2.75) is 52.2 Å². The van der Waals surface area contributed by atoms with E-state index in [4.69, 9.17) is 4.74 Å². The Morgan fingerprint density at radius 2 is 2.03 bits per heavy atom. The number of fused-ring (bicyclic) bond motifs is 2. The second-order valence-corrected chi connectivity index (χ2v) is 8.79. The molecule has 2 aromatic heterocycles. The number of amides is 1. The van der Waals surface area contributed by atoms with Gasteiger partial charge < -0.3 is 19.5 Å². The standard InChI is InChI=1S/C25H25FN4O4/c1-4-34-25(33)20-12-30(17-6-7-17)23-19(22(20)32)10-21(26)24(28-23)29-11-15-9-16(27-14(3)31)5-8-18(15)13(29)2/h5,8-10,12-13,17H,4,6-7,11H2,1-3H3,(H,27,31). The molecule has 8 nitrogen and oxygen atoms in total. The van der Waals surface area contributed by atoms with E-state index in [-0.39, 0.29) is 41.4 Å². The third-order valence-corrected chi connectivity index (χ3v) is 6.37. The summed E-state index contributed by atoms with van der Waals surface area (Å²) in [6.07, 6.45) is 3.29. The van der Waals surface area contributed by atoms with Gasteiger partial charge in [0.1, 0.15) is 11.2 Å². The third kappa shape index (κ3) is 3.70. The van der Waals surface area contributed by atoms with Crippen LogP contribution < -0.4 is 15.6 Å². The van der Waals surface area contributed by atoms with E-state index < -0.39 is 17.2 Å². The summed E-state index contributed by atoms with van der Waals surface area (Å²) in [5.41, 5.74) is 2.34. The van der Waals surface area contributed by atoms with Crippen LogP contribution in [0.2, 0.25) is 0 Å². The second-order valence-electron chi connectivity index (χ2n) is 8.79. The lowest BCUT2D eigenvalue weighted by Crippen LogP contribution is -2.25. The van der Waals surface area contributed by atoms with E-state index in [1.807, 2.05) is 30.0 Å². The van der Waals surface area contributed by atoms with Crippen LogP contribution in [0.4, 0.5) is 15.9 Å². The maximum absolute atomic E-state index is 15.4. The first-order valence-corrected chi connectivity index (χ1v) is 11.4. The van der Waals surface area contributed by atoms with Crippen LogP contribution in [0.1, 0.15) is 67.2 Å². The van der Waals surface area contributed by atoms with Gasteiger partial charge in [0.2, 0.25) is 11.3 Å². The van der Waals surface area contributed by atoms with Crippen molar-refractivity contribution < 1.29 is 18.7 Å². The largest absolute Gasteiger partial charge is 0.462 e. The van der Waals surface area contributed by atoms with Crippen LogP contribution in [0.3, 0.4) is 0 Å². The van der Waals surface area contributed by atoms with Crippen LogP contribution in [-0.2, 0) is 16.1 Å². The first-order chi connectivity index (χ1) is 16.3. The lowest BCUT2D eigenvalue weighted by atomic mass is 10.1. The van der Waals surface area contributed by atoms with Crippen LogP contribution in [0.15, 0.2) is 35.3 Å². The fourth-order valence-corrected chi connectivity index (χ4v) is 4.60. The SMILES string of the molecule is CCOC(=O)c1cn(C2CC2)c2nc(N3Cc4cc(NC(C)=O)ccc4C3C)c(F)cc2c1=O. The smallest absolute Gasteiger partial charge is 0.343 e. The molecule has 176 valence electrons. The molecule has 2 aliphatic rings. The zero-order valence-electron chi connectivity index (χ0n) is 19.2. The van der Waals surface area contributed by atoms with Crippen molar-refractivity contribution in [3.05, 3.63) is 63.2 Å². The molecule has 3 aromatic rings. The average Bonchev–Trinajstić information content (AvgIpc) is 3.58. The molecule has 1 atom stereocenters. The number of ether oxygens (including phenoxy) is 1. The molecule has 1 aliphatic heterocycles. The van der Waals surface area contributed by atoms with Gasteiger partial charge in [0.25, 0.3) is 0 Å². The molecule has 0 radical (unpaired) electrons. The fraction of sp³-hybridized carbons (Fsp3) is 0.360. The highest BCUT2D eigenvalue weighted by atomic mass is 19.1. The molecule has 1 aliphatic carbocycles. The number of pyridine rings is 2. The van der Waals surface area contributed by atoms with E-state index in [1.54, 1.807) is 11.5 Å². The summed E-state index contributed by atoms with van der Waals surface area (Å²) in [7, 11) is 0. The lowest BCUT2D eigenvalue weighted by molar-refractivity contribution is -0.114. The van der Waals surface area contributed by atoms with Crippen molar-refractivity contribution >= 4 is 34.4 Å². The van der Waals surface area contributed by atoms with Crippen LogP contribution in [0, 0.1) is 5.82 Å². The summed E-state index contributed by atoms with van der Waals surface area (Å²) < 4.78 is 22.2. The monoisotopic (exact) mass is 464 g/mol. The number of esters is 1. The predicted octanol–water partition coefficient (Wildman–Crippen LogP) is 4.09. The molecule has 1 unspecified atom stereocenters. The Hall–Kier alpha value is -3.75. The number of benzene rings is 1. The number of anilines is 2. The highest BCUT2D eigenvalue weighted by Gasteiger charge is 2.33.